The Kier molecular flexibility index (Phi) is 2.82. The first-order valence-electron chi connectivity index (χ1n) is 4.92. The second-order valence-corrected chi connectivity index (χ2v) is 4.56. The van der Waals surface area contributed by atoms with Gasteiger partial charge >= 0.3 is 0 Å². The topological polar surface area (TPSA) is 12.9 Å². The third-order valence-corrected chi connectivity index (χ3v) is 3.50. The summed E-state index contributed by atoms with van der Waals surface area (Å²) in [5.74, 6) is -0.191. The van der Waals surface area contributed by atoms with E-state index >= 15 is 0 Å². The van der Waals surface area contributed by atoms with Gasteiger partial charge in [0.1, 0.15) is 10.8 Å². The number of aryl methyl sites for hydroxylation is 2. The highest BCUT2D eigenvalue weighted by Crippen LogP contribution is 2.28. The molecular formula is C12H12FNS. The SMILES string of the molecule is CCc1cnc(-c2ccc(F)cc2C)s1. The van der Waals surface area contributed by atoms with Crippen molar-refractivity contribution in [2.24, 2.45) is 0 Å². The number of hydrogen-bond donors (Lipinski definition) is 0. The Hall–Kier alpha value is -1.22. The Balaban J connectivity index is 2.44. The molecule has 0 aliphatic carbocycles. The van der Waals surface area contributed by atoms with Gasteiger partial charge in [-0.1, -0.05) is 6.92 Å². The van der Waals surface area contributed by atoms with E-state index in [2.05, 4.69) is 11.9 Å². The van der Waals surface area contributed by atoms with Crippen LogP contribution in [-0.4, -0.2) is 4.98 Å². The molecule has 1 nitrogen and oxygen atoms in total. The lowest BCUT2D eigenvalue weighted by Gasteiger charge is -2.01. The third-order valence-electron chi connectivity index (χ3n) is 2.32. The molecule has 0 aliphatic rings. The van der Waals surface area contributed by atoms with Crippen molar-refractivity contribution >= 4 is 11.3 Å². The highest BCUT2D eigenvalue weighted by atomic mass is 32.1. The molecular weight excluding hydrogens is 209 g/mol. The molecule has 0 radical (unpaired) electrons. The first-order chi connectivity index (χ1) is 7.20. The summed E-state index contributed by atoms with van der Waals surface area (Å²) in [7, 11) is 0. The fourth-order valence-electron chi connectivity index (χ4n) is 1.46. The molecule has 1 aromatic carbocycles. The van der Waals surface area contributed by atoms with Crippen molar-refractivity contribution in [3.8, 4) is 10.6 Å². The largest absolute Gasteiger partial charge is 0.244 e. The smallest absolute Gasteiger partial charge is 0.123 e. The zero-order valence-electron chi connectivity index (χ0n) is 8.75. The van der Waals surface area contributed by atoms with Crippen LogP contribution in [-0.2, 0) is 6.42 Å². The lowest BCUT2D eigenvalue weighted by Crippen LogP contribution is -1.83. The van der Waals surface area contributed by atoms with Crippen LogP contribution in [0.2, 0.25) is 0 Å². The minimum atomic E-state index is -0.191. The van der Waals surface area contributed by atoms with Gasteiger partial charge in [-0.25, -0.2) is 9.37 Å². The van der Waals surface area contributed by atoms with Gasteiger partial charge in [-0.2, -0.15) is 0 Å². The minimum absolute atomic E-state index is 0.191. The fraction of sp³-hybridized carbons (Fsp3) is 0.250. The average molecular weight is 221 g/mol. The first kappa shape index (κ1) is 10.3. The summed E-state index contributed by atoms with van der Waals surface area (Å²) in [6, 6.07) is 4.82. The normalized spacial score (nSPS) is 10.6. The molecule has 3 heteroatoms. The maximum absolute atomic E-state index is 12.9. The Bertz CT molecular complexity index is 476. The predicted molar refractivity (Wildman–Crippen MR) is 61.6 cm³/mol. The second kappa shape index (κ2) is 4.11. The van der Waals surface area contributed by atoms with Gasteiger partial charge in [-0.3, -0.25) is 0 Å². The van der Waals surface area contributed by atoms with Gasteiger partial charge in [-0.15, -0.1) is 11.3 Å². The third kappa shape index (κ3) is 2.07. The standard InChI is InChI=1S/C12H12FNS/c1-3-10-7-14-12(15-10)11-5-4-9(13)6-8(11)2/h4-7H,3H2,1-2H3. The van der Waals surface area contributed by atoms with Crippen LogP contribution in [0, 0.1) is 12.7 Å². The van der Waals surface area contributed by atoms with Gasteiger partial charge in [0.2, 0.25) is 0 Å². The summed E-state index contributed by atoms with van der Waals surface area (Å²) in [4.78, 5) is 5.60. The summed E-state index contributed by atoms with van der Waals surface area (Å²) in [5, 5.41) is 0.976. The molecule has 2 aromatic rings. The van der Waals surface area contributed by atoms with E-state index in [0.717, 1.165) is 22.6 Å². The van der Waals surface area contributed by atoms with E-state index in [9.17, 15) is 4.39 Å². The van der Waals surface area contributed by atoms with Crippen molar-refractivity contribution in [2.45, 2.75) is 20.3 Å². The van der Waals surface area contributed by atoms with Gasteiger partial charge < -0.3 is 0 Å². The highest BCUT2D eigenvalue weighted by molar-refractivity contribution is 7.15. The average Bonchev–Trinajstić information content (AvgIpc) is 2.66. The molecule has 0 unspecified atom stereocenters. The number of aromatic nitrogens is 1. The van der Waals surface area contributed by atoms with Gasteiger partial charge in [-0.05, 0) is 37.1 Å². The van der Waals surface area contributed by atoms with Crippen molar-refractivity contribution < 1.29 is 4.39 Å². The zero-order chi connectivity index (χ0) is 10.8. The Morgan fingerprint density at radius 2 is 2.20 bits per heavy atom. The lowest BCUT2D eigenvalue weighted by atomic mass is 10.1. The Morgan fingerprint density at radius 1 is 1.40 bits per heavy atom. The van der Waals surface area contributed by atoms with E-state index in [1.807, 2.05) is 13.1 Å². The van der Waals surface area contributed by atoms with Crippen LogP contribution < -0.4 is 0 Å². The molecule has 1 aromatic heterocycles. The quantitative estimate of drug-likeness (QED) is 0.751. The van der Waals surface area contributed by atoms with Crippen LogP contribution >= 0.6 is 11.3 Å². The summed E-state index contributed by atoms with van der Waals surface area (Å²) >= 11 is 1.67. The first-order valence-corrected chi connectivity index (χ1v) is 5.73. The molecule has 0 saturated heterocycles. The molecule has 15 heavy (non-hydrogen) atoms. The van der Waals surface area contributed by atoms with Crippen molar-refractivity contribution in [1.82, 2.24) is 4.98 Å². The van der Waals surface area contributed by atoms with Crippen LogP contribution in [0.4, 0.5) is 4.39 Å². The maximum Gasteiger partial charge on any atom is 0.123 e. The van der Waals surface area contributed by atoms with Crippen LogP contribution in [0.5, 0.6) is 0 Å². The van der Waals surface area contributed by atoms with Gasteiger partial charge in [0.15, 0.2) is 0 Å². The van der Waals surface area contributed by atoms with Crippen molar-refractivity contribution in [3.05, 3.63) is 40.7 Å². The molecule has 0 saturated carbocycles. The zero-order valence-corrected chi connectivity index (χ0v) is 9.57. The van der Waals surface area contributed by atoms with Crippen molar-refractivity contribution in [3.63, 3.8) is 0 Å². The van der Waals surface area contributed by atoms with Crippen LogP contribution in [0.1, 0.15) is 17.4 Å². The van der Waals surface area contributed by atoms with Gasteiger partial charge in [0.05, 0.1) is 0 Å². The molecule has 0 spiro atoms. The van der Waals surface area contributed by atoms with Crippen LogP contribution in [0.25, 0.3) is 10.6 Å². The number of thiazole rings is 1. The summed E-state index contributed by atoms with van der Waals surface area (Å²) in [6.07, 6.45) is 2.89. The molecule has 1 heterocycles. The van der Waals surface area contributed by atoms with E-state index in [-0.39, 0.29) is 5.82 Å². The number of rotatable bonds is 2. The van der Waals surface area contributed by atoms with Crippen molar-refractivity contribution in [2.75, 3.05) is 0 Å². The van der Waals surface area contributed by atoms with Crippen LogP contribution in [0.3, 0.4) is 0 Å². The lowest BCUT2D eigenvalue weighted by molar-refractivity contribution is 0.627. The molecule has 0 fully saturated rings. The summed E-state index contributed by atoms with van der Waals surface area (Å²) in [5.41, 5.74) is 1.97. The number of nitrogens with zero attached hydrogens (tertiary/aromatic N) is 1. The minimum Gasteiger partial charge on any atom is -0.244 e. The monoisotopic (exact) mass is 221 g/mol. The highest BCUT2D eigenvalue weighted by Gasteiger charge is 2.07. The maximum atomic E-state index is 12.9. The number of halogens is 1. The molecule has 0 atom stereocenters. The van der Waals surface area contributed by atoms with E-state index < -0.39 is 0 Å². The van der Waals surface area contributed by atoms with E-state index in [0.29, 0.717) is 0 Å². The Labute approximate surface area is 92.6 Å². The van der Waals surface area contributed by atoms with E-state index in [4.69, 9.17) is 0 Å². The summed E-state index contributed by atoms with van der Waals surface area (Å²) in [6.45, 7) is 4.01. The fourth-order valence-corrected chi connectivity index (χ4v) is 2.41. The molecule has 0 aliphatic heterocycles. The van der Waals surface area contributed by atoms with Gasteiger partial charge in [0.25, 0.3) is 0 Å². The molecule has 2 rings (SSSR count). The number of benzene rings is 1. The number of hydrogen-bond acceptors (Lipinski definition) is 2. The summed E-state index contributed by atoms with van der Waals surface area (Å²) < 4.78 is 12.9. The molecule has 0 bridgehead atoms. The second-order valence-electron chi connectivity index (χ2n) is 3.44. The van der Waals surface area contributed by atoms with Gasteiger partial charge in [0, 0.05) is 16.6 Å². The van der Waals surface area contributed by atoms with Crippen LogP contribution in [0.15, 0.2) is 24.4 Å². The van der Waals surface area contributed by atoms with E-state index in [1.54, 1.807) is 23.5 Å². The van der Waals surface area contributed by atoms with Crippen molar-refractivity contribution in [1.29, 1.82) is 0 Å². The van der Waals surface area contributed by atoms with E-state index in [1.165, 1.54) is 10.9 Å². The molecule has 0 amide bonds. The predicted octanol–water partition coefficient (Wildman–Crippen LogP) is 3.82. The Morgan fingerprint density at radius 3 is 2.80 bits per heavy atom. The molecule has 0 N–H and O–H groups in total. The molecule has 78 valence electrons.